The molecule has 0 bridgehead atoms. The second-order valence-corrected chi connectivity index (χ2v) is 6.08. The molecule has 1 aliphatic carbocycles. The summed E-state index contributed by atoms with van der Waals surface area (Å²) in [6.07, 6.45) is 2.07. The van der Waals surface area contributed by atoms with Gasteiger partial charge >= 0.3 is 6.09 Å². The zero-order valence-corrected chi connectivity index (χ0v) is 12.0. The van der Waals surface area contributed by atoms with Crippen molar-refractivity contribution in [2.75, 3.05) is 10.6 Å². The van der Waals surface area contributed by atoms with E-state index in [9.17, 15) is 4.79 Å². The Bertz CT molecular complexity index is 474. The first-order valence-corrected chi connectivity index (χ1v) is 6.71. The van der Waals surface area contributed by atoms with Gasteiger partial charge in [-0.15, -0.1) is 0 Å². The minimum Gasteiger partial charge on any atom is -0.444 e. The van der Waals surface area contributed by atoms with Crippen molar-refractivity contribution in [2.24, 2.45) is 0 Å². The maximum Gasteiger partial charge on any atom is 0.412 e. The van der Waals surface area contributed by atoms with Crippen LogP contribution in [-0.4, -0.2) is 17.7 Å². The fourth-order valence-corrected chi connectivity index (χ4v) is 1.77. The average Bonchev–Trinajstić information content (AvgIpc) is 3.03. The molecule has 1 aromatic rings. The average molecular weight is 262 g/mol. The molecule has 104 valence electrons. The van der Waals surface area contributed by atoms with Crippen LogP contribution in [0.1, 0.15) is 39.2 Å². The molecule has 0 aliphatic heterocycles. The van der Waals surface area contributed by atoms with Gasteiger partial charge in [-0.05, 0) is 64.3 Å². The monoisotopic (exact) mass is 262 g/mol. The lowest BCUT2D eigenvalue weighted by Gasteiger charge is -2.20. The Balaban J connectivity index is 1.97. The summed E-state index contributed by atoms with van der Waals surface area (Å²) < 4.78 is 5.22. The Morgan fingerprint density at radius 1 is 1.32 bits per heavy atom. The van der Waals surface area contributed by atoms with Crippen molar-refractivity contribution in [3.05, 3.63) is 23.8 Å². The second kappa shape index (κ2) is 5.11. The van der Waals surface area contributed by atoms with Crippen LogP contribution in [0.25, 0.3) is 0 Å². The molecule has 1 aromatic carbocycles. The van der Waals surface area contributed by atoms with Crippen LogP contribution in [0.15, 0.2) is 18.2 Å². The largest absolute Gasteiger partial charge is 0.444 e. The molecule has 0 atom stereocenters. The summed E-state index contributed by atoms with van der Waals surface area (Å²) in [4.78, 5) is 11.7. The number of benzene rings is 1. The third kappa shape index (κ3) is 4.47. The third-order valence-electron chi connectivity index (χ3n) is 2.81. The van der Waals surface area contributed by atoms with E-state index in [0.29, 0.717) is 6.04 Å². The zero-order valence-electron chi connectivity index (χ0n) is 12.0. The van der Waals surface area contributed by atoms with E-state index < -0.39 is 11.7 Å². The highest BCUT2D eigenvalue weighted by Crippen LogP contribution is 2.28. The number of rotatable bonds is 3. The highest BCUT2D eigenvalue weighted by atomic mass is 16.6. The van der Waals surface area contributed by atoms with Gasteiger partial charge in [0.15, 0.2) is 0 Å². The van der Waals surface area contributed by atoms with E-state index in [1.807, 2.05) is 45.9 Å². The summed E-state index contributed by atoms with van der Waals surface area (Å²) in [6.45, 7) is 7.58. The summed E-state index contributed by atoms with van der Waals surface area (Å²) in [6, 6.07) is 6.47. The maximum absolute atomic E-state index is 11.7. The van der Waals surface area contributed by atoms with Gasteiger partial charge in [0.25, 0.3) is 0 Å². The van der Waals surface area contributed by atoms with Crippen molar-refractivity contribution in [2.45, 2.75) is 52.2 Å². The maximum atomic E-state index is 11.7. The number of ether oxygens (including phenoxy) is 1. The molecule has 2 rings (SSSR count). The van der Waals surface area contributed by atoms with Crippen LogP contribution in [0.5, 0.6) is 0 Å². The number of hydrogen-bond acceptors (Lipinski definition) is 3. The van der Waals surface area contributed by atoms with Gasteiger partial charge in [0.05, 0.1) is 0 Å². The third-order valence-corrected chi connectivity index (χ3v) is 2.81. The number of nitrogens with one attached hydrogen (secondary N) is 2. The van der Waals surface area contributed by atoms with Gasteiger partial charge in [-0.25, -0.2) is 4.79 Å². The van der Waals surface area contributed by atoms with E-state index in [0.717, 1.165) is 16.9 Å². The fourth-order valence-electron chi connectivity index (χ4n) is 1.77. The van der Waals surface area contributed by atoms with Crippen LogP contribution >= 0.6 is 0 Å². The summed E-state index contributed by atoms with van der Waals surface area (Å²) in [5, 5.41) is 6.21. The lowest BCUT2D eigenvalue weighted by Crippen LogP contribution is -2.27. The first-order chi connectivity index (χ1) is 8.83. The Hall–Kier alpha value is -1.71. The van der Waals surface area contributed by atoms with Crippen molar-refractivity contribution in [1.82, 2.24) is 0 Å². The van der Waals surface area contributed by atoms with Gasteiger partial charge in [-0.3, -0.25) is 5.32 Å². The Morgan fingerprint density at radius 2 is 2.00 bits per heavy atom. The van der Waals surface area contributed by atoms with Gasteiger partial charge < -0.3 is 10.1 Å². The molecule has 19 heavy (non-hydrogen) atoms. The molecule has 0 heterocycles. The molecule has 1 fully saturated rings. The van der Waals surface area contributed by atoms with E-state index in [4.69, 9.17) is 4.74 Å². The van der Waals surface area contributed by atoms with E-state index in [1.165, 1.54) is 12.8 Å². The molecule has 1 aliphatic rings. The molecule has 1 saturated carbocycles. The van der Waals surface area contributed by atoms with Crippen molar-refractivity contribution in [3.8, 4) is 0 Å². The lowest BCUT2D eigenvalue weighted by molar-refractivity contribution is 0.0636. The van der Waals surface area contributed by atoms with Gasteiger partial charge in [0.1, 0.15) is 5.60 Å². The Morgan fingerprint density at radius 3 is 2.53 bits per heavy atom. The number of carbonyl (C=O) groups excluding carboxylic acids is 1. The molecule has 0 aromatic heterocycles. The highest BCUT2D eigenvalue weighted by molar-refractivity contribution is 5.85. The van der Waals surface area contributed by atoms with Crippen LogP contribution in [-0.2, 0) is 4.74 Å². The number of carbonyl (C=O) groups is 1. The number of amides is 1. The summed E-state index contributed by atoms with van der Waals surface area (Å²) in [7, 11) is 0. The van der Waals surface area contributed by atoms with Crippen LogP contribution < -0.4 is 10.6 Å². The first-order valence-electron chi connectivity index (χ1n) is 6.71. The highest BCUT2D eigenvalue weighted by Gasteiger charge is 2.21. The van der Waals surface area contributed by atoms with E-state index in [-0.39, 0.29) is 0 Å². The van der Waals surface area contributed by atoms with E-state index >= 15 is 0 Å². The summed E-state index contributed by atoms with van der Waals surface area (Å²) in [5.41, 5.74) is 2.54. The predicted molar refractivity (Wildman–Crippen MR) is 77.7 cm³/mol. The summed E-state index contributed by atoms with van der Waals surface area (Å²) >= 11 is 0. The molecule has 4 nitrogen and oxygen atoms in total. The minimum atomic E-state index is -0.480. The van der Waals surface area contributed by atoms with Gasteiger partial charge in [0, 0.05) is 17.4 Å². The predicted octanol–water partition coefficient (Wildman–Crippen LogP) is 3.92. The van der Waals surface area contributed by atoms with E-state index in [2.05, 4.69) is 10.6 Å². The molecule has 0 radical (unpaired) electrons. The van der Waals surface area contributed by atoms with Gasteiger partial charge in [-0.1, -0.05) is 0 Å². The van der Waals surface area contributed by atoms with Crippen LogP contribution in [0.3, 0.4) is 0 Å². The topological polar surface area (TPSA) is 50.4 Å². The molecular formula is C15H22N2O2. The van der Waals surface area contributed by atoms with Crippen molar-refractivity contribution in [3.63, 3.8) is 0 Å². The summed E-state index contributed by atoms with van der Waals surface area (Å²) in [5.74, 6) is 0. The van der Waals surface area contributed by atoms with Crippen molar-refractivity contribution >= 4 is 17.5 Å². The molecule has 0 saturated heterocycles. The lowest BCUT2D eigenvalue weighted by atomic mass is 10.1. The fraction of sp³-hybridized carbons (Fsp3) is 0.533. The molecule has 2 N–H and O–H groups in total. The smallest absolute Gasteiger partial charge is 0.412 e. The van der Waals surface area contributed by atoms with Gasteiger partial charge in [0.2, 0.25) is 0 Å². The SMILES string of the molecule is Cc1cc(NC(=O)OC(C)(C)C)ccc1NC1CC1. The first kappa shape index (κ1) is 13.7. The number of aryl methyl sites for hydroxylation is 1. The standard InChI is InChI=1S/C15H22N2O2/c1-10-9-12(17-14(18)19-15(2,3)4)7-8-13(10)16-11-5-6-11/h7-9,11,16H,5-6H2,1-4H3,(H,17,18). The van der Waals surface area contributed by atoms with Crippen LogP contribution in [0, 0.1) is 6.92 Å². The normalized spacial score (nSPS) is 14.9. The molecule has 1 amide bonds. The Kier molecular flexibility index (Phi) is 3.69. The number of hydrogen-bond donors (Lipinski definition) is 2. The second-order valence-electron chi connectivity index (χ2n) is 6.08. The Labute approximate surface area is 114 Å². The quantitative estimate of drug-likeness (QED) is 0.868. The zero-order chi connectivity index (χ0) is 14.0. The molecule has 0 spiro atoms. The minimum absolute atomic E-state index is 0.421. The van der Waals surface area contributed by atoms with Crippen LogP contribution in [0.4, 0.5) is 16.2 Å². The van der Waals surface area contributed by atoms with Crippen molar-refractivity contribution < 1.29 is 9.53 Å². The van der Waals surface area contributed by atoms with Gasteiger partial charge in [-0.2, -0.15) is 0 Å². The number of anilines is 2. The van der Waals surface area contributed by atoms with E-state index in [1.54, 1.807) is 0 Å². The van der Waals surface area contributed by atoms with Crippen LogP contribution in [0.2, 0.25) is 0 Å². The van der Waals surface area contributed by atoms with Crippen molar-refractivity contribution in [1.29, 1.82) is 0 Å². The molecule has 0 unspecified atom stereocenters. The molecule has 4 heteroatoms. The molecular weight excluding hydrogens is 240 g/mol.